The quantitative estimate of drug-likeness (QED) is 0.632. The van der Waals surface area contributed by atoms with Crippen molar-refractivity contribution >= 4 is 27.6 Å². The number of hydrogen-bond donors (Lipinski definition) is 1. The first kappa shape index (κ1) is 20.0. The fraction of sp³-hybridized carbons (Fsp3) is 0.174. The van der Waals surface area contributed by atoms with E-state index in [0.29, 0.717) is 12.0 Å². The average molecular weight is 420 g/mol. The third-order valence-corrected chi connectivity index (χ3v) is 6.55. The number of ketones is 1. The molecule has 0 saturated carbocycles. The van der Waals surface area contributed by atoms with Crippen LogP contribution in [0.5, 0.6) is 0 Å². The molecular weight excluding hydrogens is 398 g/mol. The number of nitrogens with zero attached hydrogens (tertiary/aromatic N) is 2. The van der Waals surface area contributed by atoms with Gasteiger partial charge in [0, 0.05) is 29.9 Å². The lowest BCUT2D eigenvalue weighted by Gasteiger charge is -2.14. The molecule has 2 heterocycles. The maximum absolute atomic E-state index is 13.3. The lowest BCUT2D eigenvalue weighted by atomic mass is 10.0. The molecule has 7 heteroatoms. The Hall–Kier alpha value is -3.32. The maximum atomic E-state index is 13.3. The molecule has 3 aromatic rings. The summed E-state index contributed by atoms with van der Waals surface area (Å²) >= 11 is 0. The van der Waals surface area contributed by atoms with Crippen molar-refractivity contribution in [2.24, 2.45) is 0 Å². The normalized spacial score (nSPS) is 12.6. The average Bonchev–Trinajstić information content (AvgIpc) is 3.18. The molecule has 4 rings (SSSR count). The zero-order valence-corrected chi connectivity index (χ0v) is 17.7. The van der Waals surface area contributed by atoms with Crippen molar-refractivity contribution in [3.63, 3.8) is 0 Å². The standard InChI is InChI=1S/C23H21N3O3S/c1-14-11-21(26-30(28,29)17-8-7-15(2)16(3)12-17)22(25-13-14)23(27)19-9-10-24-20-6-4-5-18(19)20/h4-5,7-13,26H,6H2,1-3H3. The summed E-state index contributed by atoms with van der Waals surface area (Å²) < 4.78 is 28.6. The van der Waals surface area contributed by atoms with E-state index >= 15 is 0 Å². The van der Waals surface area contributed by atoms with Crippen molar-refractivity contribution in [1.29, 1.82) is 0 Å². The Morgan fingerprint density at radius 2 is 1.83 bits per heavy atom. The topological polar surface area (TPSA) is 89.0 Å². The summed E-state index contributed by atoms with van der Waals surface area (Å²) in [4.78, 5) is 22.0. The molecule has 0 radical (unpaired) electrons. The van der Waals surface area contributed by atoms with Gasteiger partial charge in [0.05, 0.1) is 16.3 Å². The Labute approximate surface area is 175 Å². The van der Waals surface area contributed by atoms with Crippen LogP contribution in [-0.4, -0.2) is 24.2 Å². The first-order valence-electron chi connectivity index (χ1n) is 9.52. The van der Waals surface area contributed by atoms with Gasteiger partial charge in [-0.05, 0) is 61.7 Å². The van der Waals surface area contributed by atoms with Crippen LogP contribution < -0.4 is 4.72 Å². The molecule has 152 valence electrons. The van der Waals surface area contributed by atoms with E-state index in [2.05, 4.69) is 14.7 Å². The van der Waals surface area contributed by atoms with E-state index in [1.165, 1.54) is 0 Å². The van der Waals surface area contributed by atoms with Crippen LogP contribution in [-0.2, 0) is 16.4 Å². The van der Waals surface area contributed by atoms with Crippen molar-refractivity contribution in [2.45, 2.75) is 32.1 Å². The summed E-state index contributed by atoms with van der Waals surface area (Å²) in [5.74, 6) is -0.349. The van der Waals surface area contributed by atoms with Crippen LogP contribution in [0.1, 0.15) is 44.0 Å². The van der Waals surface area contributed by atoms with Crippen LogP contribution in [0.15, 0.2) is 53.7 Å². The number of fused-ring (bicyclic) bond motifs is 1. The Morgan fingerprint density at radius 1 is 1.03 bits per heavy atom. The van der Waals surface area contributed by atoms with Gasteiger partial charge < -0.3 is 0 Å². The van der Waals surface area contributed by atoms with Crippen molar-refractivity contribution in [3.05, 3.63) is 88.0 Å². The first-order chi connectivity index (χ1) is 14.3. The Morgan fingerprint density at radius 3 is 2.60 bits per heavy atom. The summed E-state index contributed by atoms with van der Waals surface area (Å²) in [6, 6.07) is 8.19. The fourth-order valence-electron chi connectivity index (χ4n) is 3.39. The van der Waals surface area contributed by atoms with Crippen molar-refractivity contribution in [1.82, 2.24) is 9.97 Å². The van der Waals surface area contributed by atoms with E-state index in [1.54, 1.807) is 49.6 Å². The zero-order chi connectivity index (χ0) is 21.5. The number of aryl methyl sites for hydroxylation is 3. The molecule has 0 fully saturated rings. The third kappa shape index (κ3) is 3.64. The largest absolute Gasteiger partial charge is 0.287 e. The highest BCUT2D eigenvalue weighted by molar-refractivity contribution is 7.92. The van der Waals surface area contributed by atoms with Gasteiger partial charge in [0.25, 0.3) is 10.0 Å². The highest BCUT2D eigenvalue weighted by Gasteiger charge is 2.24. The number of sulfonamides is 1. The molecule has 0 saturated heterocycles. The molecule has 0 spiro atoms. The zero-order valence-electron chi connectivity index (χ0n) is 16.9. The molecule has 1 aromatic carbocycles. The van der Waals surface area contributed by atoms with Gasteiger partial charge in [-0.15, -0.1) is 0 Å². The fourth-order valence-corrected chi connectivity index (χ4v) is 4.53. The van der Waals surface area contributed by atoms with E-state index in [0.717, 1.165) is 27.9 Å². The van der Waals surface area contributed by atoms with Crippen LogP contribution in [0.3, 0.4) is 0 Å². The van der Waals surface area contributed by atoms with Gasteiger partial charge in [-0.25, -0.2) is 8.42 Å². The van der Waals surface area contributed by atoms with Crippen LogP contribution in [0.2, 0.25) is 0 Å². The molecule has 0 amide bonds. The first-order valence-corrected chi connectivity index (χ1v) is 11.0. The molecule has 1 N–H and O–H groups in total. The van der Waals surface area contributed by atoms with Crippen LogP contribution in [0.25, 0.3) is 6.08 Å². The number of nitrogens with one attached hydrogen (secondary N) is 1. The van der Waals surface area contributed by atoms with Crippen LogP contribution in [0, 0.1) is 20.8 Å². The smallest absolute Gasteiger partial charge is 0.261 e. The number of carbonyl (C=O) groups excluding carboxylic acids is 1. The van der Waals surface area contributed by atoms with Crippen molar-refractivity contribution in [2.75, 3.05) is 4.72 Å². The van der Waals surface area contributed by atoms with Crippen LogP contribution >= 0.6 is 0 Å². The highest BCUT2D eigenvalue weighted by atomic mass is 32.2. The maximum Gasteiger partial charge on any atom is 0.261 e. The Kier molecular flexibility index (Phi) is 4.99. The number of benzene rings is 1. The van der Waals surface area contributed by atoms with E-state index in [9.17, 15) is 13.2 Å². The number of rotatable bonds is 5. The molecule has 1 aliphatic rings. The molecule has 0 aliphatic heterocycles. The molecule has 0 unspecified atom stereocenters. The highest BCUT2D eigenvalue weighted by Crippen LogP contribution is 2.27. The SMILES string of the molecule is Cc1cnc(C(=O)c2ccnc3c2C=CC3)c(NS(=O)(=O)c2ccc(C)c(C)c2)c1. The van der Waals surface area contributed by atoms with Gasteiger partial charge in [0.2, 0.25) is 5.78 Å². The Balaban J connectivity index is 1.76. The predicted molar refractivity (Wildman–Crippen MR) is 116 cm³/mol. The Bertz CT molecular complexity index is 1310. The van der Waals surface area contributed by atoms with Gasteiger partial charge in [-0.1, -0.05) is 18.2 Å². The van der Waals surface area contributed by atoms with E-state index in [1.807, 2.05) is 26.0 Å². The molecular formula is C23H21N3O3S. The van der Waals surface area contributed by atoms with E-state index < -0.39 is 10.0 Å². The molecule has 2 aromatic heterocycles. The number of anilines is 1. The number of aromatic nitrogens is 2. The van der Waals surface area contributed by atoms with Crippen molar-refractivity contribution < 1.29 is 13.2 Å². The van der Waals surface area contributed by atoms with E-state index in [-0.39, 0.29) is 22.1 Å². The van der Waals surface area contributed by atoms with Gasteiger partial charge in [-0.3, -0.25) is 19.5 Å². The summed E-state index contributed by atoms with van der Waals surface area (Å²) in [7, 11) is -3.89. The molecule has 0 bridgehead atoms. The second-order valence-electron chi connectivity index (χ2n) is 7.41. The number of carbonyl (C=O) groups is 1. The third-order valence-electron chi connectivity index (χ3n) is 5.19. The molecule has 0 atom stereocenters. The predicted octanol–water partition coefficient (Wildman–Crippen LogP) is 4.00. The lowest BCUT2D eigenvalue weighted by molar-refractivity contribution is 0.103. The molecule has 6 nitrogen and oxygen atoms in total. The van der Waals surface area contributed by atoms with Gasteiger partial charge in [0.15, 0.2) is 0 Å². The van der Waals surface area contributed by atoms with Gasteiger partial charge in [0.1, 0.15) is 5.69 Å². The minimum absolute atomic E-state index is 0.0571. The molecule has 1 aliphatic carbocycles. The summed E-state index contributed by atoms with van der Waals surface area (Å²) in [5, 5.41) is 0. The number of allylic oxidation sites excluding steroid dienone is 1. The van der Waals surface area contributed by atoms with Crippen molar-refractivity contribution in [3.8, 4) is 0 Å². The summed E-state index contributed by atoms with van der Waals surface area (Å²) in [6.45, 7) is 5.57. The second-order valence-corrected chi connectivity index (χ2v) is 9.10. The minimum atomic E-state index is -3.89. The summed E-state index contributed by atoms with van der Waals surface area (Å²) in [5.41, 5.74) is 4.86. The molecule has 30 heavy (non-hydrogen) atoms. The monoisotopic (exact) mass is 419 g/mol. The number of hydrogen-bond acceptors (Lipinski definition) is 5. The van der Waals surface area contributed by atoms with Gasteiger partial charge in [-0.2, -0.15) is 0 Å². The minimum Gasteiger partial charge on any atom is -0.287 e. The lowest BCUT2D eigenvalue weighted by Crippen LogP contribution is -2.18. The van der Waals surface area contributed by atoms with Gasteiger partial charge >= 0.3 is 0 Å². The number of pyridine rings is 2. The second kappa shape index (κ2) is 7.50. The van der Waals surface area contributed by atoms with Crippen LogP contribution in [0.4, 0.5) is 5.69 Å². The van der Waals surface area contributed by atoms with E-state index in [4.69, 9.17) is 0 Å². The summed E-state index contributed by atoms with van der Waals surface area (Å²) in [6.07, 6.45) is 7.62.